The molecule has 1 heterocycles. The van der Waals surface area contributed by atoms with Gasteiger partial charge in [-0.3, -0.25) is 14.3 Å². The Balaban J connectivity index is 2.03. The van der Waals surface area contributed by atoms with Crippen molar-refractivity contribution < 1.29 is 27.1 Å². The lowest BCUT2D eigenvalue weighted by Crippen LogP contribution is -2.15. The maximum Gasteiger partial charge on any atom is 0.263 e. The molecule has 0 unspecified atom stereocenters. The molecule has 0 bridgehead atoms. The van der Waals surface area contributed by atoms with Crippen LogP contribution in [-0.2, 0) is 14.8 Å². The zero-order valence-electron chi connectivity index (χ0n) is 18.1. The van der Waals surface area contributed by atoms with Gasteiger partial charge in [0.25, 0.3) is 10.0 Å². The Morgan fingerprint density at radius 3 is 2.56 bits per heavy atom. The van der Waals surface area contributed by atoms with Crippen molar-refractivity contribution >= 4 is 38.5 Å². The molecule has 0 fully saturated rings. The SMILES string of the molecule is CC(=O)SCC(=O)c1ccc(NS(=O)(=O)c2ccc(F)c(OCCCCN(C)C)c2)nc1. The van der Waals surface area contributed by atoms with Gasteiger partial charge in [0.1, 0.15) is 5.82 Å². The van der Waals surface area contributed by atoms with Gasteiger partial charge in [0.2, 0.25) is 0 Å². The van der Waals surface area contributed by atoms with Crippen LogP contribution in [0.15, 0.2) is 41.4 Å². The predicted octanol–water partition coefficient (Wildman–Crippen LogP) is 3.20. The lowest BCUT2D eigenvalue weighted by atomic mass is 10.2. The number of anilines is 1. The third-order valence-electron chi connectivity index (χ3n) is 4.20. The van der Waals surface area contributed by atoms with Gasteiger partial charge < -0.3 is 9.64 Å². The lowest BCUT2D eigenvalue weighted by molar-refractivity contribution is -0.109. The van der Waals surface area contributed by atoms with Crippen LogP contribution in [0.2, 0.25) is 0 Å². The van der Waals surface area contributed by atoms with Gasteiger partial charge in [0.05, 0.1) is 17.3 Å². The van der Waals surface area contributed by atoms with Crippen LogP contribution < -0.4 is 9.46 Å². The summed E-state index contributed by atoms with van der Waals surface area (Å²) in [4.78, 5) is 28.8. The van der Waals surface area contributed by atoms with Crippen LogP contribution in [0.4, 0.5) is 10.2 Å². The predicted molar refractivity (Wildman–Crippen MR) is 122 cm³/mol. The molecule has 2 aromatic rings. The Labute approximate surface area is 191 Å². The van der Waals surface area contributed by atoms with E-state index in [0.29, 0.717) is 6.42 Å². The molecule has 0 atom stereocenters. The maximum atomic E-state index is 14.0. The van der Waals surface area contributed by atoms with Crippen molar-refractivity contribution in [2.75, 3.05) is 37.7 Å². The Kier molecular flexibility index (Phi) is 9.60. The zero-order chi connectivity index (χ0) is 23.7. The number of carbonyl (C=O) groups excluding carboxylic acids is 2. The van der Waals surface area contributed by atoms with Crippen LogP contribution in [0.25, 0.3) is 0 Å². The number of hydrogen-bond donors (Lipinski definition) is 1. The van der Waals surface area contributed by atoms with Crippen LogP contribution in [0, 0.1) is 5.82 Å². The van der Waals surface area contributed by atoms with E-state index in [1.54, 1.807) is 0 Å². The number of ether oxygens (including phenoxy) is 1. The number of rotatable bonds is 12. The number of nitrogens with one attached hydrogen (secondary N) is 1. The Bertz CT molecular complexity index is 1040. The van der Waals surface area contributed by atoms with Gasteiger partial charge in [-0.1, -0.05) is 11.8 Å². The zero-order valence-corrected chi connectivity index (χ0v) is 19.8. The standard InChI is InChI=1S/C21H26FN3O5S2/c1-15(26)31-14-19(27)16-6-9-21(23-13-16)24-32(28,29)17-7-8-18(22)20(12-17)30-11-5-4-10-25(2)3/h6-9,12-13H,4-5,10-11,14H2,1-3H3,(H,23,24). The second-order valence-corrected chi connectivity index (χ2v) is 10.0. The normalized spacial score (nSPS) is 11.4. The van der Waals surface area contributed by atoms with Gasteiger partial charge >= 0.3 is 0 Å². The van der Waals surface area contributed by atoms with Crippen molar-refractivity contribution in [3.63, 3.8) is 0 Å². The number of hydrogen-bond acceptors (Lipinski definition) is 8. The number of nitrogens with zero attached hydrogens (tertiary/aromatic N) is 2. The summed E-state index contributed by atoms with van der Waals surface area (Å²) in [5, 5.41) is -0.174. The van der Waals surface area contributed by atoms with E-state index in [1.807, 2.05) is 19.0 Å². The third-order valence-corrected chi connectivity index (χ3v) is 6.37. The number of unbranched alkanes of at least 4 members (excludes halogenated alkanes) is 1. The topological polar surface area (TPSA) is 106 Å². The molecule has 0 spiro atoms. The summed E-state index contributed by atoms with van der Waals surface area (Å²) in [5.74, 6) is -1.11. The highest BCUT2D eigenvalue weighted by atomic mass is 32.2. The van der Waals surface area contributed by atoms with Crippen LogP contribution in [0.1, 0.15) is 30.1 Å². The molecule has 1 aromatic heterocycles. The molecule has 1 aromatic carbocycles. The van der Waals surface area contributed by atoms with E-state index in [-0.39, 0.29) is 45.3 Å². The first-order chi connectivity index (χ1) is 15.1. The minimum absolute atomic E-state index is 0.00347. The number of thioether (sulfide) groups is 1. The summed E-state index contributed by atoms with van der Waals surface area (Å²) in [6.45, 7) is 2.50. The van der Waals surface area contributed by atoms with E-state index in [1.165, 1.54) is 25.3 Å². The average Bonchev–Trinajstić information content (AvgIpc) is 2.72. The molecular formula is C21H26FN3O5S2. The number of carbonyl (C=O) groups is 2. The van der Waals surface area contributed by atoms with E-state index >= 15 is 0 Å². The average molecular weight is 484 g/mol. The van der Waals surface area contributed by atoms with E-state index in [0.717, 1.165) is 42.9 Å². The molecule has 0 radical (unpaired) electrons. The second kappa shape index (κ2) is 11.9. The minimum atomic E-state index is -4.05. The summed E-state index contributed by atoms with van der Waals surface area (Å²) in [5.41, 5.74) is 0.258. The summed E-state index contributed by atoms with van der Waals surface area (Å²) < 4.78 is 47.1. The third kappa shape index (κ3) is 8.21. The highest BCUT2D eigenvalue weighted by Gasteiger charge is 2.18. The van der Waals surface area contributed by atoms with Crippen molar-refractivity contribution in [2.24, 2.45) is 0 Å². The van der Waals surface area contributed by atoms with Gasteiger partial charge in [-0.2, -0.15) is 0 Å². The van der Waals surface area contributed by atoms with Crippen LogP contribution in [0.3, 0.4) is 0 Å². The van der Waals surface area contributed by atoms with Crippen molar-refractivity contribution in [1.29, 1.82) is 0 Å². The molecular weight excluding hydrogens is 457 g/mol. The fourth-order valence-electron chi connectivity index (χ4n) is 2.54. The molecule has 8 nitrogen and oxygen atoms in total. The van der Waals surface area contributed by atoms with Crippen LogP contribution in [0.5, 0.6) is 5.75 Å². The molecule has 0 aliphatic rings. The maximum absolute atomic E-state index is 14.0. The minimum Gasteiger partial charge on any atom is -0.490 e. The van der Waals surface area contributed by atoms with Crippen LogP contribution >= 0.6 is 11.8 Å². The van der Waals surface area contributed by atoms with E-state index < -0.39 is 15.8 Å². The van der Waals surface area contributed by atoms with E-state index in [9.17, 15) is 22.4 Å². The molecule has 2 rings (SSSR count). The molecule has 0 aliphatic carbocycles. The Morgan fingerprint density at radius 2 is 1.94 bits per heavy atom. The Hall–Kier alpha value is -2.50. The lowest BCUT2D eigenvalue weighted by Gasteiger charge is -2.12. The number of pyridine rings is 1. The molecule has 0 saturated heterocycles. The summed E-state index contributed by atoms with van der Waals surface area (Å²) >= 11 is 0.885. The van der Waals surface area contributed by atoms with Crippen molar-refractivity contribution in [3.05, 3.63) is 47.9 Å². The summed E-state index contributed by atoms with van der Waals surface area (Å²) in [7, 11) is -0.145. The van der Waals surface area contributed by atoms with E-state index in [2.05, 4.69) is 9.71 Å². The van der Waals surface area contributed by atoms with Crippen molar-refractivity contribution in [2.45, 2.75) is 24.7 Å². The number of Topliss-reactive ketones (excluding diaryl/α,β-unsaturated/α-hetero) is 1. The van der Waals surface area contributed by atoms with E-state index in [4.69, 9.17) is 4.74 Å². The molecule has 32 heavy (non-hydrogen) atoms. The number of ketones is 1. The summed E-state index contributed by atoms with van der Waals surface area (Å²) in [6.07, 6.45) is 2.80. The summed E-state index contributed by atoms with van der Waals surface area (Å²) in [6, 6.07) is 6.05. The van der Waals surface area contributed by atoms with Gasteiger partial charge in [0, 0.05) is 24.8 Å². The first kappa shape index (κ1) is 25.8. The monoisotopic (exact) mass is 483 g/mol. The molecule has 0 amide bonds. The molecule has 11 heteroatoms. The number of aromatic nitrogens is 1. The van der Waals surface area contributed by atoms with Gasteiger partial charge in [-0.05, 0) is 57.7 Å². The highest BCUT2D eigenvalue weighted by Crippen LogP contribution is 2.24. The van der Waals surface area contributed by atoms with Gasteiger partial charge in [-0.15, -0.1) is 0 Å². The first-order valence-corrected chi connectivity index (χ1v) is 12.3. The highest BCUT2D eigenvalue weighted by molar-refractivity contribution is 8.14. The van der Waals surface area contributed by atoms with Gasteiger partial charge in [-0.25, -0.2) is 17.8 Å². The smallest absolute Gasteiger partial charge is 0.263 e. The Morgan fingerprint density at radius 1 is 1.19 bits per heavy atom. The number of halogens is 1. The first-order valence-electron chi connectivity index (χ1n) is 9.81. The fourth-order valence-corrected chi connectivity index (χ4v) is 4.06. The molecule has 0 aliphatic heterocycles. The number of benzene rings is 1. The fraction of sp³-hybridized carbons (Fsp3) is 0.381. The van der Waals surface area contributed by atoms with Gasteiger partial charge in [0.15, 0.2) is 22.5 Å². The second-order valence-electron chi connectivity index (χ2n) is 7.19. The molecule has 174 valence electrons. The number of sulfonamides is 1. The van der Waals surface area contributed by atoms with Crippen molar-refractivity contribution in [1.82, 2.24) is 9.88 Å². The molecule has 0 saturated carbocycles. The van der Waals surface area contributed by atoms with Crippen LogP contribution in [-0.4, -0.2) is 62.2 Å². The molecule has 1 N–H and O–H groups in total. The largest absolute Gasteiger partial charge is 0.490 e. The quantitative estimate of drug-likeness (QED) is 0.362. The van der Waals surface area contributed by atoms with Crippen molar-refractivity contribution in [3.8, 4) is 5.75 Å².